The van der Waals surface area contributed by atoms with E-state index in [0.29, 0.717) is 23.7 Å². The summed E-state index contributed by atoms with van der Waals surface area (Å²) in [4.78, 5) is 12.1. The molecule has 0 radical (unpaired) electrons. The monoisotopic (exact) mass is 232 g/mol. The van der Waals surface area contributed by atoms with Gasteiger partial charge >= 0.3 is 0 Å². The molecular weight excluding hydrogens is 212 g/mol. The molecule has 2 rings (SSSR count). The first-order chi connectivity index (χ1) is 8.27. The minimum Gasteiger partial charge on any atom is -0.398 e. The second-order valence-corrected chi connectivity index (χ2v) is 4.71. The number of nitrogens with two attached hydrogens (primary N) is 1. The highest BCUT2D eigenvalue weighted by atomic mass is 16.1. The third-order valence-electron chi connectivity index (χ3n) is 3.36. The molecule has 1 fully saturated rings. The van der Waals surface area contributed by atoms with Crippen LogP contribution in [0.3, 0.4) is 0 Å². The minimum atomic E-state index is 0.155. The summed E-state index contributed by atoms with van der Waals surface area (Å²) in [6.45, 7) is 1.03. The highest BCUT2D eigenvalue weighted by molar-refractivity contribution is 6.00. The van der Waals surface area contributed by atoms with Gasteiger partial charge in [0.2, 0.25) is 0 Å². The van der Waals surface area contributed by atoms with Gasteiger partial charge < -0.3 is 11.1 Å². The van der Waals surface area contributed by atoms with Gasteiger partial charge in [-0.15, -0.1) is 0 Å². The molecule has 0 bridgehead atoms. The maximum Gasteiger partial charge on any atom is 0.166 e. The quantitative estimate of drug-likeness (QED) is 0.621. The van der Waals surface area contributed by atoms with Crippen LogP contribution in [-0.4, -0.2) is 18.4 Å². The number of para-hydroxylation sites is 1. The largest absolute Gasteiger partial charge is 0.398 e. The van der Waals surface area contributed by atoms with E-state index < -0.39 is 0 Å². The number of carbonyl (C=O) groups excluding carboxylic acids is 1. The van der Waals surface area contributed by atoms with Gasteiger partial charge in [0.05, 0.1) is 0 Å². The van der Waals surface area contributed by atoms with Crippen molar-refractivity contribution in [3.8, 4) is 0 Å². The molecule has 17 heavy (non-hydrogen) atoms. The van der Waals surface area contributed by atoms with Crippen molar-refractivity contribution < 1.29 is 4.79 Å². The van der Waals surface area contributed by atoms with Crippen LogP contribution in [-0.2, 0) is 0 Å². The lowest BCUT2D eigenvalue weighted by atomic mass is 9.99. The van der Waals surface area contributed by atoms with Crippen LogP contribution in [0.2, 0.25) is 0 Å². The van der Waals surface area contributed by atoms with E-state index in [9.17, 15) is 4.79 Å². The Hall–Kier alpha value is -1.35. The lowest BCUT2D eigenvalue weighted by Crippen LogP contribution is -2.30. The van der Waals surface area contributed by atoms with E-state index in [1.54, 1.807) is 6.07 Å². The van der Waals surface area contributed by atoms with Gasteiger partial charge in [0.25, 0.3) is 0 Å². The zero-order valence-corrected chi connectivity index (χ0v) is 10.1. The molecule has 1 aromatic carbocycles. The topological polar surface area (TPSA) is 55.1 Å². The van der Waals surface area contributed by atoms with E-state index in [1.165, 1.54) is 19.3 Å². The van der Waals surface area contributed by atoms with Crippen LogP contribution in [0.25, 0.3) is 0 Å². The van der Waals surface area contributed by atoms with Gasteiger partial charge in [-0.3, -0.25) is 4.79 Å². The fourth-order valence-corrected chi connectivity index (χ4v) is 2.36. The molecule has 1 saturated heterocycles. The van der Waals surface area contributed by atoms with Crippen LogP contribution in [0.5, 0.6) is 0 Å². The van der Waals surface area contributed by atoms with Crippen molar-refractivity contribution in [3.05, 3.63) is 29.8 Å². The Labute approximate surface area is 102 Å². The molecule has 1 aliphatic heterocycles. The first-order valence-electron chi connectivity index (χ1n) is 6.38. The number of Topliss-reactive ketones (excluding diaryl/α,β-unsaturated/α-hetero) is 1. The lowest BCUT2D eigenvalue weighted by molar-refractivity contribution is 0.0969. The van der Waals surface area contributed by atoms with Crippen molar-refractivity contribution in [3.63, 3.8) is 0 Å². The Morgan fingerprint density at radius 2 is 2.12 bits per heavy atom. The molecule has 0 aromatic heterocycles. The molecular formula is C14H20N2O. The number of hydrogen-bond acceptors (Lipinski definition) is 3. The number of nitrogen functional groups attached to an aromatic ring is 1. The molecule has 3 N–H and O–H groups in total. The fourth-order valence-electron chi connectivity index (χ4n) is 2.36. The van der Waals surface area contributed by atoms with Crippen LogP contribution in [0.4, 0.5) is 5.69 Å². The number of nitrogens with one attached hydrogen (secondary N) is 1. The molecule has 92 valence electrons. The minimum absolute atomic E-state index is 0.155. The third kappa shape index (κ3) is 3.30. The van der Waals surface area contributed by atoms with Gasteiger partial charge in [-0.05, 0) is 31.5 Å². The van der Waals surface area contributed by atoms with Crippen LogP contribution >= 0.6 is 0 Å². The van der Waals surface area contributed by atoms with Crippen molar-refractivity contribution in [2.24, 2.45) is 0 Å². The zero-order valence-electron chi connectivity index (χ0n) is 10.1. The Morgan fingerprint density at radius 3 is 2.94 bits per heavy atom. The number of carbonyl (C=O) groups is 1. The molecule has 1 unspecified atom stereocenters. The number of rotatable bonds is 3. The molecule has 1 aromatic rings. The summed E-state index contributed by atoms with van der Waals surface area (Å²) in [5, 5.41) is 3.44. The highest BCUT2D eigenvalue weighted by Crippen LogP contribution is 2.17. The lowest BCUT2D eigenvalue weighted by Gasteiger charge is -2.15. The Bertz CT molecular complexity index is 382. The average molecular weight is 232 g/mol. The van der Waals surface area contributed by atoms with Crippen molar-refractivity contribution in [2.75, 3.05) is 12.3 Å². The first-order valence-corrected chi connectivity index (χ1v) is 6.38. The average Bonchev–Trinajstić information content (AvgIpc) is 2.58. The zero-order chi connectivity index (χ0) is 12.1. The van der Waals surface area contributed by atoms with Crippen LogP contribution in [0, 0.1) is 0 Å². The molecule has 3 nitrogen and oxygen atoms in total. The van der Waals surface area contributed by atoms with Gasteiger partial charge in [0, 0.05) is 23.7 Å². The van der Waals surface area contributed by atoms with Gasteiger partial charge in [0.15, 0.2) is 5.78 Å². The van der Waals surface area contributed by atoms with E-state index >= 15 is 0 Å². The van der Waals surface area contributed by atoms with E-state index in [4.69, 9.17) is 5.73 Å². The smallest absolute Gasteiger partial charge is 0.166 e. The highest BCUT2D eigenvalue weighted by Gasteiger charge is 2.17. The molecule has 0 aliphatic carbocycles. The molecule has 1 atom stereocenters. The number of hydrogen-bond donors (Lipinski definition) is 2. The van der Waals surface area contributed by atoms with Crippen LogP contribution in [0.15, 0.2) is 24.3 Å². The summed E-state index contributed by atoms with van der Waals surface area (Å²) < 4.78 is 0. The second kappa shape index (κ2) is 5.82. The summed E-state index contributed by atoms with van der Waals surface area (Å²) in [5.74, 6) is 0.155. The Morgan fingerprint density at radius 1 is 1.29 bits per heavy atom. The molecule has 1 aliphatic rings. The molecule has 0 saturated carbocycles. The Balaban J connectivity index is 1.98. The van der Waals surface area contributed by atoms with Crippen molar-refractivity contribution in [1.29, 1.82) is 0 Å². The van der Waals surface area contributed by atoms with Crippen molar-refractivity contribution >= 4 is 11.5 Å². The maximum atomic E-state index is 12.1. The van der Waals surface area contributed by atoms with E-state index in [1.807, 2.05) is 18.2 Å². The van der Waals surface area contributed by atoms with Crippen LogP contribution < -0.4 is 11.1 Å². The molecule has 0 amide bonds. The normalized spacial score (nSPS) is 20.8. The van der Waals surface area contributed by atoms with Crippen molar-refractivity contribution in [1.82, 2.24) is 5.32 Å². The maximum absolute atomic E-state index is 12.1. The number of ketones is 1. The summed E-state index contributed by atoms with van der Waals surface area (Å²) in [7, 11) is 0. The standard InChI is InChI=1S/C14H20N2O/c15-13-8-4-3-7-12(13)14(17)10-11-6-2-1-5-9-16-11/h3-4,7-8,11,16H,1-2,5-6,9-10,15H2. The van der Waals surface area contributed by atoms with Gasteiger partial charge in [0.1, 0.15) is 0 Å². The predicted molar refractivity (Wildman–Crippen MR) is 70.1 cm³/mol. The molecule has 0 spiro atoms. The second-order valence-electron chi connectivity index (χ2n) is 4.71. The van der Waals surface area contributed by atoms with Crippen LogP contribution in [0.1, 0.15) is 42.5 Å². The van der Waals surface area contributed by atoms with E-state index in [2.05, 4.69) is 5.32 Å². The molecule has 3 heteroatoms. The summed E-state index contributed by atoms with van der Waals surface area (Å²) >= 11 is 0. The third-order valence-corrected chi connectivity index (χ3v) is 3.36. The number of anilines is 1. The van der Waals surface area contributed by atoms with Gasteiger partial charge in [-0.1, -0.05) is 25.0 Å². The summed E-state index contributed by atoms with van der Waals surface area (Å²) in [6.07, 6.45) is 5.37. The summed E-state index contributed by atoms with van der Waals surface area (Å²) in [6, 6.07) is 7.65. The van der Waals surface area contributed by atoms with Gasteiger partial charge in [-0.2, -0.15) is 0 Å². The summed E-state index contributed by atoms with van der Waals surface area (Å²) in [5.41, 5.74) is 7.07. The van der Waals surface area contributed by atoms with Crippen molar-refractivity contribution in [2.45, 2.75) is 38.1 Å². The van der Waals surface area contributed by atoms with E-state index in [-0.39, 0.29) is 5.78 Å². The fraction of sp³-hybridized carbons (Fsp3) is 0.500. The first kappa shape index (κ1) is 12.1. The Kier molecular flexibility index (Phi) is 4.15. The number of benzene rings is 1. The SMILES string of the molecule is Nc1ccccc1C(=O)CC1CCCCCN1. The van der Waals surface area contributed by atoms with E-state index in [0.717, 1.165) is 13.0 Å². The molecule has 1 heterocycles. The van der Waals surface area contributed by atoms with Gasteiger partial charge in [-0.25, -0.2) is 0 Å². The predicted octanol–water partition coefficient (Wildman–Crippen LogP) is 2.37.